The zero-order valence-electron chi connectivity index (χ0n) is 10.8. The van der Waals surface area contributed by atoms with E-state index in [0.717, 1.165) is 18.5 Å². The van der Waals surface area contributed by atoms with Crippen molar-refractivity contribution in [2.24, 2.45) is 5.92 Å². The molecule has 1 aliphatic rings. The van der Waals surface area contributed by atoms with Crippen LogP contribution in [0.5, 0.6) is 5.75 Å². The average molecular weight is 316 g/mol. The van der Waals surface area contributed by atoms with E-state index in [1.807, 2.05) is 6.07 Å². The summed E-state index contributed by atoms with van der Waals surface area (Å²) in [5, 5.41) is 3.55. The van der Waals surface area contributed by atoms with Gasteiger partial charge in [0, 0.05) is 17.7 Å². The molecule has 0 saturated heterocycles. The predicted molar refractivity (Wildman–Crippen MR) is 74.4 cm³/mol. The molecule has 1 unspecified atom stereocenters. The molecule has 2 rings (SSSR count). The highest BCUT2D eigenvalue weighted by Crippen LogP contribution is 2.44. The molecule has 0 radical (unpaired) electrons. The van der Waals surface area contributed by atoms with E-state index < -0.39 is 0 Å². The average Bonchev–Trinajstić information content (AvgIpc) is 3.18. The molecular formula is C14H19BrFNO. The van der Waals surface area contributed by atoms with Crippen molar-refractivity contribution in [2.45, 2.75) is 32.2 Å². The van der Waals surface area contributed by atoms with E-state index in [1.165, 1.54) is 18.9 Å². The van der Waals surface area contributed by atoms with Gasteiger partial charge in [0.25, 0.3) is 0 Å². The smallest absolute Gasteiger partial charge is 0.141 e. The highest BCUT2D eigenvalue weighted by molar-refractivity contribution is 9.10. The lowest BCUT2D eigenvalue weighted by Crippen LogP contribution is -2.24. The Kier molecular flexibility index (Phi) is 4.62. The molecule has 4 heteroatoms. The maximum absolute atomic E-state index is 13.5. The molecule has 1 atom stereocenters. The van der Waals surface area contributed by atoms with Crippen LogP contribution >= 0.6 is 15.9 Å². The number of methoxy groups -OCH3 is 1. The van der Waals surface area contributed by atoms with Crippen LogP contribution in [-0.2, 0) is 0 Å². The molecule has 0 aromatic heterocycles. The van der Waals surface area contributed by atoms with Crippen molar-refractivity contribution in [1.29, 1.82) is 0 Å². The van der Waals surface area contributed by atoms with Crippen molar-refractivity contribution in [1.82, 2.24) is 5.32 Å². The topological polar surface area (TPSA) is 21.3 Å². The monoisotopic (exact) mass is 315 g/mol. The molecule has 1 aromatic rings. The number of hydrogen-bond donors (Lipinski definition) is 1. The molecule has 1 N–H and O–H groups in total. The molecule has 0 bridgehead atoms. The summed E-state index contributed by atoms with van der Waals surface area (Å²) in [5.74, 6) is 1.01. The van der Waals surface area contributed by atoms with E-state index in [0.29, 0.717) is 16.1 Å². The number of nitrogens with one attached hydrogen (secondary N) is 1. The molecule has 0 aliphatic heterocycles. The molecule has 0 heterocycles. The van der Waals surface area contributed by atoms with Crippen LogP contribution in [0.1, 0.15) is 37.8 Å². The highest BCUT2D eigenvalue weighted by Gasteiger charge is 2.33. The minimum absolute atomic E-state index is 0.275. The van der Waals surface area contributed by atoms with Gasteiger partial charge < -0.3 is 10.1 Å². The minimum atomic E-state index is -0.277. The first-order valence-corrected chi connectivity index (χ1v) is 7.23. The summed E-state index contributed by atoms with van der Waals surface area (Å²) in [6, 6.07) is 3.58. The van der Waals surface area contributed by atoms with Gasteiger partial charge >= 0.3 is 0 Å². The first kappa shape index (κ1) is 13.8. The van der Waals surface area contributed by atoms with E-state index in [1.54, 1.807) is 7.11 Å². The first-order valence-electron chi connectivity index (χ1n) is 6.43. The molecule has 18 heavy (non-hydrogen) atoms. The Balaban J connectivity index is 2.30. The summed E-state index contributed by atoms with van der Waals surface area (Å²) in [5.41, 5.74) is 1.06. The molecule has 1 fully saturated rings. The molecule has 100 valence electrons. The van der Waals surface area contributed by atoms with Crippen LogP contribution in [0.2, 0.25) is 0 Å². The third kappa shape index (κ3) is 3.04. The van der Waals surface area contributed by atoms with Gasteiger partial charge in [-0.2, -0.15) is 0 Å². The predicted octanol–water partition coefficient (Wildman–Crippen LogP) is 4.05. The second kappa shape index (κ2) is 6.02. The van der Waals surface area contributed by atoms with Crippen LogP contribution < -0.4 is 10.1 Å². The zero-order valence-corrected chi connectivity index (χ0v) is 12.4. The quantitative estimate of drug-likeness (QED) is 0.855. The fraction of sp³-hybridized carbons (Fsp3) is 0.571. The van der Waals surface area contributed by atoms with Gasteiger partial charge in [0.1, 0.15) is 11.6 Å². The Labute approximate surface area is 116 Å². The Hall–Kier alpha value is -0.610. The lowest BCUT2D eigenvalue weighted by atomic mass is 10.0. The molecular weight excluding hydrogens is 297 g/mol. The molecule has 2 nitrogen and oxygen atoms in total. The summed E-state index contributed by atoms with van der Waals surface area (Å²) in [7, 11) is 1.59. The number of ether oxygens (including phenoxy) is 1. The largest absolute Gasteiger partial charge is 0.496 e. The molecule has 0 amide bonds. The highest BCUT2D eigenvalue weighted by atomic mass is 79.9. The van der Waals surface area contributed by atoms with Crippen molar-refractivity contribution in [3.63, 3.8) is 0 Å². The van der Waals surface area contributed by atoms with E-state index in [4.69, 9.17) is 4.74 Å². The lowest BCUT2D eigenvalue weighted by Gasteiger charge is -2.21. The lowest BCUT2D eigenvalue weighted by molar-refractivity contribution is 0.387. The summed E-state index contributed by atoms with van der Waals surface area (Å²) in [6.45, 7) is 3.12. The third-order valence-corrected chi connectivity index (χ3v) is 3.92. The van der Waals surface area contributed by atoms with Crippen LogP contribution in [-0.4, -0.2) is 13.7 Å². The molecule has 1 aliphatic carbocycles. The fourth-order valence-electron chi connectivity index (χ4n) is 2.22. The SMILES string of the molecule is CCCNC(c1cc(Br)c(F)cc1OC)C1CC1. The van der Waals surface area contributed by atoms with Gasteiger partial charge in [-0.25, -0.2) is 4.39 Å². The molecule has 1 saturated carbocycles. The fourth-order valence-corrected chi connectivity index (χ4v) is 2.58. The Bertz CT molecular complexity index is 421. The maximum atomic E-state index is 13.5. The van der Waals surface area contributed by atoms with Gasteiger partial charge in [-0.15, -0.1) is 0 Å². The Morgan fingerprint density at radius 1 is 1.50 bits per heavy atom. The van der Waals surface area contributed by atoms with Gasteiger partial charge in [-0.3, -0.25) is 0 Å². The van der Waals surface area contributed by atoms with Crippen LogP contribution in [0.3, 0.4) is 0 Å². The van der Waals surface area contributed by atoms with Crippen LogP contribution in [0.25, 0.3) is 0 Å². The summed E-state index contributed by atoms with van der Waals surface area (Å²) < 4.78 is 19.4. The van der Waals surface area contributed by atoms with Crippen molar-refractivity contribution in [2.75, 3.05) is 13.7 Å². The standard InChI is InChI=1S/C14H19BrFNO/c1-3-6-17-14(9-4-5-9)10-7-11(15)12(16)8-13(10)18-2/h7-9,14,17H,3-6H2,1-2H3. The van der Waals surface area contributed by atoms with Crippen molar-refractivity contribution < 1.29 is 9.13 Å². The summed E-state index contributed by atoms with van der Waals surface area (Å²) >= 11 is 3.26. The second-order valence-electron chi connectivity index (χ2n) is 4.78. The second-order valence-corrected chi connectivity index (χ2v) is 5.63. The van der Waals surface area contributed by atoms with Gasteiger partial charge in [-0.05, 0) is 53.7 Å². The molecule has 1 aromatic carbocycles. The number of benzene rings is 1. The van der Waals surface area contributed by atoms with E-state index in [9.17, 15) is 4.39 Å². The third-order valence-electron chi connectivity index (χ3n) is 3.32. The number of rotatable bonds is 6. The zero-order chi connectivity index (χ0) is 13.1. The van der Waals surface area contributed by atoms with Gasteiger partial charge in [0.2, 0.25) is 0 Å². The Morgan fingerprint density at radius 3 is 2.78 bits per heavy atom. The van der Waals surface area contributed by atoms with Crippen LogP contribution in [0, 0.1) is 11.7 Å². The molecule has 0 spiro atoms. The van der Waals surface area contributed by atoms with Gasteiger partial charge in [-0.1, -0.05) is 6.92 Å². The summed E-state index contributed by atoms with van der Waals surface area (Å²) in [6.07, 6.45) is 3.56. The summed E-state index contributed by atoms with van der Waals surface area (Å²) in [4.78, 5) is 0. The number of hydrogen-bond acceptors (Lipinski definition) is 2. The van der Waals surface area contributed by atoms with E-state index in [-0.39, 0.29) is 11.9 Å². The minimum Gasteiger partial charge on any atom is -0.496 e. The van der Waals surface area contributed by atoms with Crippen molar-refractivity contribution in [3.8, 4) is 5.75 Å². The van der Waals surface area contributed by atoms with E-state index in [2.05, 4.69) is 28.2 Å². The first-order chi connectivity index (χ1) is 8.67. The van der Waals surface area contributed by atoms with E-state index >= 15 is 0 Å². The van der Waals surface area contributed by atoms with Crippen LogP contribution in [0.15, 0.2) is 16.6 Å². The van der Waals surface area contributed by atoms with Crippen molar-refractivity contribution >= 4 is 15.9 Å². The number of halogens is 2. The normalized spacial score (nSPS) is 16.7. The van der Waals surface area contributed by atoms with Gasteiger partial charge in [0.15, 0.2) is 0 Å². The Morgan fingerprint density at radius 2 is 2.22 bits per heavy atom. The van der Waals surface area contributed by atoms with Crippen molar-refractivity contribution in [3.05, 3.63) is 28.0 Å². The van der Waals surface area contributed by atoms with Gasteiger partial charge in [0.05, 0.1) is 11.6 Å². The maximum Gasteiger partial charge on any atom is 0.141 e. The van der Waals surface area contributed by atoms with Crippen LogP contribution in [0.4, 0.5) is 4.39 Å².